The summed E-state index contributed by atoms with van der Waals surface area (Å²) in [5.41, 5.74) is 6.19. The largest absolute Gasteiger partial charge is 0.481 e. The molecule has 1 aliphatic carbocycles. The van der Waals surface area contributed by atoms with Crippen molar-refractivity contribution in [1.29, 1.82) is 0 Å². The smallest absolute Gasteiger partial charge is 0.214 e. The van der Waals surface area contributed by atoms with E-state index in [2.05, 4.69) is 16.9 Å². The molecule has 2 N–H and O–H groups in total. The van der Waals surface area contributed by atoms with Gasteiger partial charge in [-0.1, -0.05) is 18.9 Å². The zero-order valence-electron chi connectivity index (χ0n) is 10.6. The zero-order valence-corrected chi connectivity index (χ0v) is 10.6. The van der Waals surface area contributed by atoms with Crippen molar-refractivity contribution in [2.24, 2.45) is 5.73 Å². The summed E-state index contributed by atoms with van der Waals surface area (Å²) in [6.07, 6.45) is 4.76. The van der Waals surface area contributed by atoms with Gasteiger partial charge < -0.3 is 15.4 Å². The minimum Gasteiger partial charge on any atom is -0.481 e. The number of pyridine rings is 1. The van der Waals surface area contributed by atoms with Crippen molar-refractivity contribution >= 4 is 5.82 Å². The molecule has 0 aromatic carbocycles. The lowest BCUT2D eigenvalue weighted by Gasteiger charge is -2.36. The van der Waals surface area contributed by atoms with E-state index in [1.54, 1.807) is 7.11 Å². The van der Waals surface area contributed by atoms with Crippen LogP contribution in [0.1, 0.15) is 25.7 Å². The standard InChI is InChI=1S/C13H21N3O/c1-16(11-7-4-3-6-10(11)14)12-8-5-9-13(15-12)17-2/h5,8-11H,3-4,6-7,14H2,1-2H3. The predicted molar refractivity (Wildman–Crippen MR) is 69.4 cm³/mol. The molecule has 0 aliphatic heterocycles. The summed E-state index contributed by atoms with van der Waals surface area (Å²) in [6.45, 7) is 0. The Labute approximate surface area is 103 Å². The molecule has 1 heterocycles. The highest BCUT2D eigenvalue weighted by atomic mass is 16.5. The van der Waals surface area contributed by atoms with E-state index in [9.17, 15) is 0 Å². The van der Waals surface area contributed by atoms with Crippen molar-refractivity contribution in [3.63, 3.8) is 0 Å². The Morgan fingerprint density at radius 1 is 1.35 bits per heavy atom. The van der Waals surface area contributed by atoms with E-state index in [-0.39, 0.29) is 6.04 Å². The summed E-state index contributed by atoms with van der Waals surface area (Å²) in [4.78, 5) is 6.64. The van der Waals surface area contributed by atoms with Crippen molar-refractivity contribution < 1.29 is 4.74 Å². The first-order valence-electron chi connectivity index (χ1n) is 6.22. The van der Waals surface area contributed by atoms with Gasteiger partial charge in [0, 0.05) is 25.2 Å². The maximum atomic E-state index is 6.19. The fourth-order valence-electron chi connectivity index (χ4n) is 2.50. The van der Waals surface area contributed by atoms with Crippen molar-refractivity contribution in [1.82, 2.24) is 4.98 Å². The lowest BCUT2D eigenvalue weighted by molar-refractivity contribution is 0.369. The molecule has 17 heavy (non-hydrogen) atoms. The van der Waals surface area contributed by atoms with E-state index < -0.39 is 0 Å². The maximum absolute atomic E-state index is 6.19. The minimum absolute atomic E-state index is 0.252. The van der Waals surface area contributed by atoms with Gasteiger partial charge in [-0.05, 0) is 18.9 Å². The SMILES string of the molecule is COc1cccc(N(C)C2CCCCC2N)n1. The van der Waals surface area contributed by atoms with Crippen LogP contribution in [0.2, 0.25) is 0 Å². The Kier molecular flexibility index (Phi) is 3.84. The van der Waals surface area contributed by atoms with Crippen molar-refractivity contribution in [2.45, 2.75) is 37.8 Å². The number of ether oxygens (including phenoxy) is 1. The van der Waals surface area contributed by atoms with E-state index in [1.165, 1.54) is 12.8 Å². The van der Waals surface area contributed by atoms with Crippen molar-refractivity contribution in [3.05, 3.63) is 18.2 Å². The normalized spacial score (nSPS) is 24.4. The molecule has 0 radical (unpaired) electrons. The van der Waals surface area contributed by atoms with Crippen LogP contribution in [0.25, 0.3) is 0 Å². The lowest BCUT2D eigenvalue weighted by Crippen LogP contribution is -2.48. The highest BCUT2D eigenvalue weighted by molar-refractivity contribution is 5.41. The third kappa shape index (κ3) is 2.69. The van der Waals surface area contributed by atoms with Crippen molar-refractivity contribution in [3.8, 4) is 5.88 Å². The average Bonchev–Trinajstić information content (AvgIpc) is 2.38. The fraction of sp³-hybridized carbons (Fsp3) is 0.615. The van der Waals surface area contributed by atoms with E-state index >= 15 is 0 Å². The topological polar surface area (TPSA) is 51.4 Å². The Bertz CT molecular complexity index is 369. The van der Waals surface area contributed by atoms with Gasteiger partial charge in [-0.3, -0.25) is 0 Å². The van der Waals surface area contributed by atoms with Gasteiger partial charge in [-0.25, -0.2) is 0 Å². The molecule has 4 nitrogen and oxygen atoms in total. The highest BCUT2D eigenvalue weighted by Gasteiger charge is 2.26. The van der Waals surface area contributed by atoms with Crippen LogP contribution in [-0.4, -0.2) is 31.2 Å². The third-order valence-corrected chi connectivity index (χ3v) is 3.56. The summed E-state index contributed by atoms with van der Waals surface area (Å²) in [5, 5.41) is 0. The van der Waals surface area contributed by atoms with Crippen LogP contribution in [0.4, 0.5) is 5.82 Å². The molecule has 1 aromatic rings. The summed E-state index contributed by atoms with van der Waals surface area (Å²) in [5.74, 6) is 1.59. The molecule has 2 rings (SSSR count). The van der Waals surface area contributed by atoms with Gasteiger partial charge in [-0.15, -0.1) is 0 Å². The summed E-state index contributed by atoms with van der Waals surface area (Å²) in [6, 6.07) is 6.47. The lowest BCUT2D eigenvalue weighted by atomic mass is 9.90. The molecule has 2 atom stereocenters. The van der Waals surface area contributed by atoms with Gasteiger partial charge in [0.05, 0.1) is 7.11 Å². The number of nitrogens with zero attached hydrogens (tertiary/aromatic N) is 2. The number of nitrogens with two attached hydrogens (primary N) is 1. The highest BCUT2D eigenvalue weighted by Crippen LogP contribution is 2.25. The molecular weight excluding hydrogens is 214 g/mol. The van der Waals surface area contributed by atoms with E-state index in [0.717, 1.165) is 18.7 Å². The number of hydrogen-bond acceptors (Lipinski definition) is 4. The number of hydrogen-bond donors (Lipinski definition) is 1. The molecule has 2 unspecified atom stereocenters. The number of anilines is 1. The van der Waals surface area contributed by atoms with Gasteiger partial charge in [-0.2, -0.15) is 4.98 Å². The van der Waals surface area contributed by atoms with E-state index in [1.807, 2.05) is 18.2 Å². The van der Waals surface area contributed by atoms with Crippen LogP contribution in [0.5, 0.6) is 5.88 Å². The number of likely N-dealkylation sites (N-methyl/N-ethyl adjacent to an activating group) is 1. The van der Waals surface area contributed by atoms with Gasteiger partial charge >= 0.3 is 0 Å². The molecule has 1 saturated carbocycles. The first kappa shape index (κ1) is 12.2. The van der Waals surface area contributed by atoms with Crippen LogP contribution in [0.15, 0.2) is 18.2 Å². The molecule has 0 saturated heterocycles. The molecule has 1 fully saturated rings. The quantitative estimate of drug-likeness (QED) is 0.868. The second-order valence-corrected chi connectivity index (χ2v) is 4.66. The molecule has 4 heteroatoms. The maximum Gasteiger partial charge on any atom is 0.214 e. The Balaban J connectivity index is 2.14. The van der Waals surface area contributed by atoms with Crippen LogP contribution < -0.4 is 15.4 Å². The summed E-state index contributed by atoms with van der Waals surface area (Å²) >= 11 is 0. The Morgan fingerprint density at radius 2 is 2.12 bits per heavy atom. The van der Waals surface area contributed by atoms with E-state index in [0.29, 0.717) is 11.9 Å². The molecule has 1 aliphatic rings. The second-order valence-electron chi connectivity index (χ2n) is 4.66. The fourth-order valence-corrected chi connectivity index (χ4v) is 2.50. The number of rotatable bonds is 3. The van der Waals surface area contributed by atoms with Gasteiger partial charge in [0.25, 0.3) is 0 Å². The van der Waals surface area contributed by atoms with Gasteiger partial charge in [0.1, 0.15) is 5.82 Å². The third-order valence-electron chi connectivity index (χ3n) is 3.56. The van der Waals surface area contributed by atoms with Gasteiger partial charge in [0.2, 0.25) is 5.88 Å². The first-order valence-corrected chi connectivity index (χ1v) is 6.22. The Morgan fingerprint density at radius 3 is 2.82 bits per heavy atom. The monoisotopic (exact) mass is 235 g/mol. The van der Waals surface area contributed by atoms with Crippen LogP contribution in [0.3, 0.4) is 0 Å². The molecule has 0 spiro atoms. The molecule has 0 bridgehead atoms. The van der Waals surface area contributed by atoms with Crippen LogP contribution in [-0.2, 0) is 0 Å². The van der Waals surface area contributed by atoms with Crippen molar-refractivity contribution in [2.75, 3.05) is 19.1 Å². The van der Waals surface area contributed by atoms with E-state index in [4.69, 9.17) is 10.5 Å². The molecule has 0 amide bonds. The van der Waals surface area contributed by atoms with Crippen LogP contribution in [0, 0.1) is 0 Å². The second kappa shape index (κ2) is 5.36. The first-order chi connectivity index (χ1) is 8.22. The number of methoxy groups -OCH3 is 1. The molecule has 94 valence electrons. The average molecular weight is 235 g/mol. The molecule has 1 aromatic heterocycles. The van der Waals surface area contributed by atoms with Gasteiger partial charge in [0.15, 0.2) is 0 Å². The number of aromatic nitrogens is 1. The van der Waals surface area contributed by atoms with Crippen LogP contribution >= 0.6 is 0 Å². The minimum atomic E-state index is 0.252. The summed E-state index contributed by atoms with van der Waals surface area (Å²) < 4.78 is 5.15. The molecular formula is C13H21N3O. The summed E-state index contributed by atoms with van der Waals surface area (Å²) in [7, 11) is 3.70. The predicted octanol–water partition coefficient (Wildman–Crippen LogP) is 1.80. The zero-order chi connectivity index (χ0) is 12.3. The Hall–Kier alpha value is -1.29.